The molecule has 2 unspecified atom stereocenters. The number of rotatable bonds is 2. The molecule has 0 bridgehead atoms. The molecule has 0 saturated heterocycles. The van der Waals surface area contributed by atoms with Gasteiger partial charge in [-0.05, 0) is 34.1 Å². The summed E-state index contributed by atoms with van der Waals surface area (Å²) in [5.74, 6) is -1.70. The highest BCUT2D eigenvalue weighted by Crippen LogP contribution is 2.50. The van der Waals surface area contributed by atoms with Crippen LogP contribution >= 0.6 is 27.7 Å². The number of alkyl halides is 3. The summed E-state index contributed by atoms with van der Waals surface area (Å²) >= 11 is 3.98. The van der Waals surface area contributed by atoms with Crippen molar-refractivity contribution >= 4 is 38.6 Å². The summed E-state index contributed by atoms with van der Waals surface area (Å²) in [5.41, 5.74) is -1.31. The summed E-state index contributed by atoms with van der Waals surface area (Å²) < 4.78 is 72.3. The van der Waals surface area contributed by atoms with Gasteiger partial charge in [0.05, 0.1) is 39.6 Å². The normalized spacial score (nSPS) is 18.5. The van der Waals surface area contributed by atoms with Gasteiger partial charge in [0.25, 0.3) is 0 Å². The van der Waals surface area contributed by atoms with E-state index in [-0.39, 0.29) is 32.4 Å². The van der Waals surface area contributed by atoms with Gasteiger partial charge < -0.3 is 0 Å². The summed E-state index contributed by atoms with van der Waals surface area (Å²) in [6, 6.07) is 3.04. The third-order valence-electron chi connectivity index (χ3n) is 5.35. The van der Waals surface area contributed by atoms with Gasteiger partial charge in [0.2, 0.25) is 0 Å². The number of hydrogen-bond acceptors (Lipinski definition) is 5. The highest BCUT2D eigenvalue weighted by Gasteiger charge is 2.37. The van der Waals surface area contributed by atoms with Crippen molar-refractivity contribution in [2.45, 2.75) is 28.9 Å². The van der Waals surface area contributed by atoms with Crippen LogP contribution < -0.4 is 5.69 Å². The zero-order valence-corrected chi connectivity index (χ0v) is 18.6. The molecular weight excluding hydrogens is 533 g/mol. The van der Waals surface area contributed by atoms with Gasteiger partial charge in [-0.25, -0.2) is 23.2 Å². The first-order valence-corrected chi connectivity index (χ1v) is 11.1. The smallest absolute Gasteiger partial charge is 0.289 e. The molecule has 2 aromatic carbocycles. The maximum Gasteiger partial charge on any atom is 0.416 e. The molecule has 33 heavy (non-hydrogen) atoms. The molecule has 0 fully saturated rings. The zero-order valence-electron chi connectivity index (χ0n) is 16.2. The molecule has 0 N–H and O–H groups in total. The first kappa shape index (κ1) is 22.0. The van der Waals surface area contributed by atoms with E-state index in [4.69, 9.17) is 0 Å². The molecule has 3 heterocycles. The van der Waals surface area contributed by atoms with E-state index >= 15 is 0 Å². The molecular formula is C20H11BrF5N5OS. The zero-order chi connectivity index (χ0) is 23.5. The van der Waals surface area contributed by atoms with Gasteiger partial charge in [-0.15, -0.1) is 16.9 Å². The topological polar surface area (TPSA) is 65.6 Å². The van der Waals surface area contributed by atoms with Crippen LogP contribution in [0.3, 0.4) is 0 Å². The van der Waals surface area contributed by atoms with Crippen LogP contribution in [0.25, 0.3) is 10.9 Å². The van der Waals surface area contributed by atoms with E-state index in [1.165, 1.54) is 27.7 Å². The Morgan fingerprint density at radius 3 is 2.61 bits per heavy atom. The maximum atomic E-state index is 14.9. The lowest BCUT2D eigenvalue weighted by Gasteiger charge is -2.26. The lowest BCUT2D eigenvalue weighted by molar-refractivity contribution is -0.137. The van der Waals surface area contributed by atoms with Crippen LogP contribution in [0.1, 0.15) is 22.4 Å². The number of thioether (sulfide) groups is 1. The number of aromatic nitrogens is 5. The molecule has 6 nitrogen and oxygen atoms in total. The lowest BCUT2D eigenvalue weighted by atomic mass is 10.0. The van der Waals surface area contributed by atoms with Crippen molar-refractivity contribution in [1.29, 1.82) is 0 Å². The summed E-state index contributed by atoms with van der Waals surface area (Å²) in [6.07, 6.45) is -0.665. The monoisotopic (exact) mass is 543 g/mol. The van der Waals surface area contributed by atoms with Crippen molar-refractivity contribution in [2.24, 2.45) is 0 Å². The van der Waals surface area contributed by atoms with Gasteiger partial charge in [-0.2, -0.15) is 13.2 Å². The number of benzene rings is 2. The molecule has 170 valence electrons. The van der Waals surface area contributed by atoms with Crippen LogP contribution in [-0.4, -0.2) is 24.5 Å². The van der Waals surface area contributed by atoms with E-state index in [9.17, 15) is 26.7 Å². The lowest BCUT2D eigenvalue weighted by Crippen LogP contribution is -2.29. The second-order valence-electron chi connectivity index (χ2n) is 7.34. The number of nitrogens with zero attached hydrogens (tertiary/aromatic N) is 5. The molecule has 1 aliphatic rings. The average molecular weight is 544 g/mol. The van der Waals surface area contributed by atoms with E-state index in [2.05, 4.69) is 31.2 Å². The highest BCUT2D eigenvalue weighted by molar-refractivity contribution is 9.10. The first-order chi connectivity index (χ1) is 15.6. The largest absolute Gasteiger partial charge is 0.416 e. The van der Waals surface area contributed by atoms with Crippen molar-refractivity contribution in [3.05, 3.63) is 80.6 Å². The minimum Gasteiger partial charge on any atom is -0.289 e. The Morgan fingerprint density at radius 1 is 1.12 bits per heavy atom. The predicted molar refractivity (Wildman–Crippen MR) is 113 cm³/mol. The van der Waals surface area contributed by atoms with Crippen molar-refractivity contribution in [3.8, 4) is 0 Å². The predicted octanol–water partition coefficient (Wildman–Crippen LogP) is 5.14. The molecule has 4 aromatic rings. The molecule has 1 aliphatic heterocycles. The van der Waals surface area contributed by atoms with Crippen molar-refractivity contribution in [2.75, 3.05) is 0 Å². The van der Waals surface area contributed by atoms with E-state index in [1.807, 2.05) is 0 Å². The molecule has 0 aliphatic carbocycles. The van der Waals surface area contributed by atoms with E-state index in [0.717, 1.165) is 30.1 Å². The van der Waals surface area contributed by atoms with E-state index in [1.54, 1.807) is 0 Å². The number of hydrogen-bond donors (Lipinski definition) is 0. The van der Waals surface area contributed by atoms with Crippen LogP contribution in [0.2, 0.25) is 0 Å². The fourth-order valence-corrected chi connectivity index (χ4v) is 5.72. The van der Waals surface area contributed by atoms with Gasteiger partial charge in [0.15, 0.2) is 0 Å². The average Bonchev–Trinajstić information content (AvgIpc) is 3.22. The summed E-state index contributed by atoms with van der Waals surface area (Å²) in [7, 11) is 0. The van der Waals surface area contributed by atoms with Crippen LogP contribution in [0.5, 0.6) is 0 Å². The van der Waals surface area contributed by atoms with Gasteiger partial charge in [0, 0.05) is 34.3 Å². The Labute approximate surface area is 194 Å². The first-order valence-electron chi connectivity index (χ1n) is 9.41. The van der Waals surface area contributed by atoms with E-state index < -0.39 is 40.4 Å². The molecule has 5 rings (SSSR count). The molecule has 0 radical (unpaired) electrons. The fraction of sp³-hybridized carbons (Fsp3) is 0.200. The van der Waals surface area contributed by atoms with E-state index in [0.29, 0.717) is 6.07 Å². The third-order valence-corrected chi connectivity index (χ3v) is 7.34. The van der Waals surface area contributed by atoms with Crippen molar-refractivity contribution in [3.63, 3.8) is 0 Å². The molecule has 0 saturated carbocycles. The van der Waals surface area contributed by atoms with Crippen LogP contribution in [0.15, 0.2) is 57.0 Å². The highest BCUT2D eigenvalue weighted by atomic mass is 79.9. The SMILES string of the molecule is O=c1ncc2cc(C(F)(F)F)cc3c2n1CC(n1ccnn1)C(c1cc(Br)c(F)cc1F)S3. The van der Waals surface area contributed by atoms with Gasteiger partial charge in [0.1, 0.15) is 11.6 Å². The van der Waals surface area contributed by atoms with Gasteiger partial charge in [-0.3, -0.25) is 4.57 Å². The second kappa shape index (κ2) is 7.90. The minimum absolute atomic E-state index is 0.00776. The van der Waals surface area contributed by atoms with Crippen LogP contribution in [0.4, 0.5) is 22.0 Å². The van der Waals surface area contributed by atoms with Gasteiger partial charge in [-0.1, -0.05) is 5.21 Å². The number of halogens is 6. The van der Waals surface area contributed by atoms with Gasteiger partial charge >= 0.3 is 11.9 Å². The molecule has 0 spiro atoms. The molecule has 2 atom stereocenters. The molecule has 13 heteroatoms. The quantitative estimate of drug-likeness (QED) is 0.259. The Morgan fingerprint density at radius 2 is 1.91 bits per heavy atom. The summed E-state index contributed by atoms with van der Waals surface area (Å²) in [4.78, 5) is 16.5. The Kier molecular flexibility index (Phi) is 5.27. The standard InChI is InChI=1S/C20H11BrF5N5OS/c21-12-5-11(13(22)6-14(12)23)18-15(31-2-1-28-29-31)8-30-17-9(7-27-19(30)32)3-10(20(24,25)26)4-16(17)33-18/h1-7,15,18H,8H2. The van der Waals surface area contributed by atoms with Crippen LogP contribution in [-0.2, 0) is 12.7 Å². The minimum atomic E-state index is -4.65. The maximum absolute atomic E-state index is 14.9. The Balaban J connectivity index is 1.80. The summed E-state index contributed by atoms with van der Waals surface area (Å²) in [6.45, 7) is -0.0724. The van der Waals surface area contributed by atoms with Crippen LogP contribution in [0, 0.1) is 11.6 Å². The Bertz CT molecular complexity index is 1440. The second-order valence-corrected chi connectivity index (χ2v) is 9.38. The third kappa shape index (κ3) is 3.82. The Hall–Kier alpha value is -2.80. The fourth-order valence-electron chi connectivity index (χ4n) is 3.87. The molecule has 0 amide bonds. The van der Waals surface area contributed by atoms with Crippen molar-refractivity contribution < 1.29 is 22.0 Å². The molecule has 2 aromatic heterocycles. The summed E-state index contributed by atoms with van der Waals surface area (Å²) in [5, 5.41) is 6.97. The van der Waals surface area contributed by atoms with Crippen molar-refractivity contribution in [1.82, 2.24) is 24.5 Å².